The van der Waals surface area contributed by atoms with Crippen molar-refractivity contribution in [1.29, 1.82) is 0 Å². The summed E-state index contributed by atoms with van der Waals surface area (Å²) in [5, 5.41) is 11.8. The van der Waals surface area contributed by atoms with Gasteiger partial charge in [-0.25, -0.2) is 0 Å². The molecule has 52 heavy (non-hydrogen) atoms. The zero-order valence-electron chi connectivity index (χ0n) is 33.9. The van der Waals surface area contributed by atoms with Crippen LogP contribution in [-0.4, -0.2) is 54.2 Å². The zero-order valence-corrected chi connectivity index (χ0v) is 33.9. The lowest BCUT2D eigenvalue weighted by molar-refractivity contribution is -0.151. The van der Waals surface area contributed by atoms with E-state index in [0.29, 0.717) is 12.8 Å². The molecule has 4 N–H and O–H groups in total. The van der Waals surface area contributed by atoms with Crippen LogP contribution in [0.15, 0.2) is 0 Å². The van der Waals surface area contributed by atoms with E-state index in [9.17, 15) is 19.2 Å². The van der Waals surface area contributed by atoms with Gasteiger partial charge >= 0.3 is 17.9 Å². The smallest absolute Gasteiger partial charge is 0.321 e. The molecule has 9 nitrogen and oxygen atoms in total. The highest BCUT2D eigenvalue weighted by molar-refractivity contribution is 5.81. The summed E-state index contributed by atoms with van der Waals surface area (Å²) < 4.78 is 10.6. The molecule has 0 saturated heterocycles. The Morgan fingerprint density at radius 2 is 0.788 bits per heavy atom. The number of esters is 2. The Labute approximate surface area is 319 Å². The number of nitrogens with one attached hydrogen (secondary N) is 1. The highest BCUT2D eigenvalue weighted by Crippen LogP contribution is 2.15. The molecule has 0 bridgehead atoms. The van der Waals surface area contributed by atoms with E-state index in [2.05, 4.69) is 19.2 Å². The average Bonchev–Trinajstić information content (AvgIpc) is 3.12. The topological polar surface area (TPSA) is 145 Å². The standard InChI is InChI=1S/C43H82N2O7/c1-3-5-7-9-11-13-15-17-19-21-23-25-27-29-31-33-40(46)45-38(37-52-42(48)35-39(44)43(49)50)36-51-41(47)34-32-30-28-26-24-22-20-18-16-14-12-10-8-6-4-2/h38-39H,3-37,44H2,1-2H3,(H,45,46)(H,49,50). The second-order valence-corrected chi connectivity index (χ2v) is 15.2. The Bertz CT molecular complexity index is 853. The normalized spacial score (nSPS) is 12.4. The third-order valence-corrected chi connectivity index (χ3v) is 9.95. The van der Waals surface area contributed by atoms with Gasteiger partial charge in [0.25, 0.3) is 0 Å². The first-order valence-electron chi connectivity index (χ1n) is 21.9. The Morgan fingerprint density at radius 3 is 1.13 bits per heavy atom. The van der Waals surface area contributed by atoms with E-state index in [0.717, 1.165) is 38.5 Å². The summed E-state index contributed by atoms with van der Waals surface area (Å²) in [4.78, 5) is 48.2. The van der Waals surface area contributed by atoms with Crippen LogP contribution in [0.1, 0.15) is 226 Å². The first kappa shape index (κ1) is 49.8. The number of carboxylic acid groups (broad SMARTS) is 1. The van der Waals surface area contributed by atoms with Gasteiger partial charge in [-0.15, -0.1) is 0 Å². The highest BCUT2D eigenvalue weighted by Gasteiger charge is 2.21. The number of aliphatic carboxylic acids is 1. The predicted molar refractivity (Wildman–Crippen MR) is 213 cm³/mol. The first-order chi connectivity index (χ1) is 25.3. The number of hydrogen-bond acceptors (Lipinski definition) is 7. The highest BCUT2D eigenvalue weighted by atomic mass is 16.5. The number of carboxylic acids is 1. The second-order valence-electron chi connectivity index (χ2n) is 15.2. The van der Waals surface area contributed by atoms with Crippen molar-refractivity contribution in [2.45, 2.75) is 238 Å². The van der Waals surface area contributed by atoms with Gasteiger partial charge in [-0.05, 0) is 12.8 Å². The predicted octanol–water partition coefficient (Wildman–Crippen LogP) is 10.9. The molecule has 0 aliphatic rings. The molecule has 0 rings (SSSR count). The van der Waals surface area contributed by atoms with Crippen LogP contribution in [0.25, 0.3) is 0 Å². The van der Waals surface area contributed by atoms with Crippen molar-refractivity contribution >= 4 is 23.8 Å². The number of amides is 1. The van der Waals surface area contributed by atoms with E-state index in [4.69, 9.17) is 20.3 Å². The molecule has 0 radical (unpaired) electrons. The second kappa shape index (κ2) is 38.6. The number of hydrogen-bond donors (Lipinski definition) is 3. The Balaban J connectivity index is 4.16. The molecule has 0 aromatic heterocycles. The van der Waals surface area contributed by atoms with Crippen LogP contribution in [-0.2, 0) is 28.7 Å². The van der Waals surface area contributed by atoms with Crippen LogP contribution in [0.4, 0.5) is 0 Å². The minimum absolute atomic E-state index is 0.111. The molecule has 2 unspecified atom stereocenters. The lowest BCUT2D eigenvalue weighted by Gasteiger charge is -2.19. The number of nitrogens with two attached hydrogens (primary N) is 1. The van der Waals surface area contributed by atoms with E-state index in [1.54, 1.807) is 0 Å². The van der Waals surface area contributed by atoms with Crippen molar-refractivity contribution in [2.24, 2.45) is 5.73 Å². The quantitative estimate of drug-likeness (QED) is 0.0416. The average molecular weight is 739 g/mol. The van der Waals surface area contributed by atoms with Gasteiger partial charge in [0, 0.05) is 12.8 Å². The molecule has 0 heterocycles. The summed E-state index contributed by atoms with van der Waals surface area (Å²) in [5.74, 6) is -2.59. The fourth-order valence-corrected chi connectivity index (χ4v) is 6.51. The van der Waals surface area contributed by atoms with Crippen LogP contribution in [0.2, 0.25) is 0 Å². The summed E-state index contributed by atoms with van der Waals surface area (Å²) in [6.45, 7) is 4.18. The van der Waals surface area contributed by atoms with Crippen LogP contribution in [0.5, 0.6) is 0 Å². The lowest BCUT2D eigenvalue weighted by Crippen LogP contribution is -2.43. The minimum atomic E-state index is -1.36. The molecule has 0 aliphatic carbocycles. The maximum Gasteiger partial charge on any atom is 0.321 e. The SMILES string of the molecule is CCCCCCCCCCCCCCCCCC(=O)NC(COC(=O)CCCCCCCCCCCCCCCCC)COC(=O)CC(N)C(=O)O. The van der Waals surface area contributed by atoms with Gasteiger partial charge in [-0.1, -0.05) is 194 Å². The number of unbranched alkanes of at least 4 members (excludes halogenated alkanes) is 28. The van der Waals surface area contributed by atoms with Crippen molar-refractivity contribution in [3.8, 4) is 0 Å². The van der Waals surface area contributed by atoms with Crippen LogP contribution >= 0.6 is 0 Å². The fraction of sp³-hybridized carbons (Fsp3) is 0.907. The van der Waals surface area contributed by atoms with Crippen molar-refractivity contribution < 1.29 is 33.8 Å². The van der Waals surface area contributed by atoms with Gasteiger partial charge in [-0.2, -0.15) is 0 Å². The molecule has 0 saturated carbocycles. The van der Waals surface area contributed by atoms with Gasteiger partial charge in [0.05, 0.1) is 12.5 Å². The Hall–Kier alpha value is -2.16. The lowest BCUT2D eigenvalue weighted by atomic mass is 10.0. The third kappa shape index (κ3) is 36.2. The molecule has 306 valence electrons. The molecule has 0 aromatic rings. The van der Waals surface area contributed by atoms with Gasteiger partial charge in [0.1, 0.15) is 19.3 Å². The van der Waals surface area contributed by atoms with E-state index in [-0.39, 0.29) is 25.1 Å². The number of carbonyl (C=O) groups is 4. The van der Waals surface area contributed by atoms with Gasteiger partial charge in [0.15, 0.2) is 0 Å². The van der Waals surface area contributed by atoms with Crippen molar-refractivity contribution in [1.82, 2.24) is 5.32 Å². The van der Waals surface area contributed by atoms with Gasteiger partial charge in [0.2, 0.25) is 5.91 Å². The largest absolute Gasteiger partial charge is 0.480 e. The number of ether oxygens (including phenoxy) is 2. The molecule has 0 aliphatic heterocycles. The van der Waals surface area contributed by atoms with Crippen LogP contribution < -0.4 is 11.1 Å². The van der Waals surface area contributed by atoms with E-state index < -0.39 is 30.4 Å². The minimum Gasteiger partial charge on any atom is -0.480 e. The first-order valence-corrected chi connectivity index (χ1v) is 21.9. The molecule has 0 spiro atoms. The molecule has 9 heteroatoms. The van der Waals surface area contributed by atoms with Crippen LogP contribution in [0, 0.1) is 0 Å². The van der Waals surface area contributed by atoms with Gasteiger partial charge in [-0.3, -0.25) is 19.2 Å². The van der Waals surface area contributed by atoms with Crippen molar-refractivity contribution in [3.05, 3.63) is 0 Å². The summed E-state index contributed by atoms with van der Waals surface area (Å²) in [6.07, 6.45) is 37.8. The molecule has 2 atom stereocenters. The van der Waals surface area contributed by atoms with Crippen LogP contribution in [0.3, 0.4) is 0 Å². The monoisotopic (exact) mass is 739 g/mol. The number of rotatable bonds is 40. The van der Waals surface area contributed by atoms with Crippen molar-refractivity contribution in [2.75, 3.05) is 13.2 Å². The summed E-state index contributed by atoms with van der Waals surface area (Å²) in [6, 6.07) is -2.07. The molecule has 1 amide bonds. The zero-order chi connectivity index (χ0) is 38.3. The maximum absolute atomic E-state index is 12.7. The molecule has 0 fully saturated rings. The Morgan fingerprint density at radius 1 is 0.481 bits per heavy atom. The summed E-state index contributed by atoms with van der Waals surface area (Å²) in [7, 11) is 0. The fourth-order valence-electron chi connectivity index (χ4n) is 6.51. The molecular weight excluding hydrogens is 656 g/mol. The van der Waals surface area contributed by atoms with E-state index in [1.165, 1.54) is 154 Å². The Kier molecular flexibility index (Phi) is 37.0. The van der Waals surface area contributed by atoms with E-state index >= 15 is 0 Å². The van der Waals surface area contributed by atoms with Gasteiger partial charge < -0.3 is 25.6 Å². The molecule has 0 aromatic carbocycles. The van der Waals surface area contributed by atoms with Crippen molar-refractivity contribution in [3.63, 3.8) is 0 Å². The van der Waals surface area contributed by atoms with E-state index in [1.807, 2.05) is 0 Å². The molecular formula is C43H82N2O7. The maximum atomic E-state index is 12.7. The third-order valence-electron chi connectivity index (χ3n) is 9.95. The summed E-state index contributed by atoms with van der Waals surface area (Å²) in [5.41, 5.74) is 5.44. The number of carbonyl (C=O) groups excluding carboxylic acids is 3. The summed E-state index contributed by atoms with van der Waals surface area (Å²) >= 11 is 0.